The fourth-order valence-corrected chi connectivity index (χ4v) is 1.67. The molecule has 0 heterocycles. The second kappa shape index (κ2) is 3.96. The van der Waals surface area contributed by atoms with Gasteiger partial charge in [-0.05, 0) is 11.6 Å². The average Bonchev–Trinajstić information content (AvgIpc) is 2.30. The van der Waals surface area contributed by atoms with Gasteiger partial charge < -0.3 is 10.7 Å². The van der Waals surface area contributed by atoms with Crippen molar-refractivity contribution in [1.29, 1.82) is 5.41 Å². The van der Waals surface area contributed by atoms with Crippen LogP contribution in [0.1, 0.15) is 5.56 Å². The summed E-state index contributed by atoms with van der Waals surface area (Å²) in [6.07, 6.45) is 2.98. The van der Waals surface area contributed by atoms with Crippen molar-refractivity contribution in [2.75, 3.05) is 5.32 Å². The Kier molecular flexibility index (Phi) is 2.50. The predicted octanol–water partition coefficient (Wildman–Crippen LogP) is 3.39. The molecule has 0 atom stereocenters. The fraction of sp³-hybridized carbons (Fsp3) is 0. The van der Waals surface area contributed by atoms with Crippen molar-refractivity contribution in [3.05, 3.63) is 54.7 Å². The van der Waals surface area contributed by atoms with Crippen LogP contribution in [0.15, 0.2) is 49.2 Å². The maximum Gasteiger partial charge on any atom is 0.0548 e. The molecule has 2 aromatic carbocycles. The van der Waals surface area contributed by atoms with Gasteiger partial charge in [0.25, 0.3) is 0 Å². The smallest absolute Gasteiger partial charge is 0.0548 e. The fourth-order valence-electron chi connectivity index (χ4n) is 1.67. The zero-order valence-electron chi connectivity index (χ0n) is 8.33. The first kappa shape index (κ1) is 9.46. The van der Waals surface area contributed by atoms with Gasteiger partial charge in [-0.1, -0.05) is 43.0 Å². The first-order valence-electron chi connectivity index (χ1n) is 4.76. The molecule has 2 N–H and O–H groups in total. The number of nitrogens with one attached hydrogen (secondary N) is 2. The van der Waals surface area contributed by atoms with Gasteiger partial charge in [-0.2, -0.15) is 0 Å². The minimum absolute atomic E-state index is 0.869. The zero-order valence-corrected chi connectivity index (χ0v) is 8.33. The summed E-state index contributed by atoms with van der Waals surface area (Å²) in [5.74, 6) is 0. The maximum atomic E-state index is 7.34. The summed E-state index contributed by atoms with van der Waals surface area (Å²) >= 11 is 0. The van der Waals surface area contributed by atoms with Crippen molar-refractivity contribution >= 4 is 22.7 Å². The van der Waals surface area contributed by atoms with Gasteiger partial charge in [-0.15, -0.1) is 0 Å². The van der Waals surface area contributed by atoms with Crippen molar-refractivity contribution < 1.29 is 0 Å². The second-order valence-corrected chi connectivity index (χ2v) is 3.24. The lowest BCUT2D eigenvalue weighted by Crippen LogP contribution is -1.94. The van der Waals surface area contributed by atoms with Gasteiger partial charge >= 0.3 is 0 Å². The summed E-state index contributed by atoms with van der Waals surface area (Å²) < 4.78 is 0. The third-order valence-electron chi connectivity index (χ3n) is 2.36. The molecule has 0 unspecified atom stereocenters. The quantitative estimate of drug-likeness (QED) is 0.725. The molecule has 0 aromatic heterocycles. The number of hydrogen-bond acceptors (Lipinski definition) is 2. The summed E-state index contributed by atoms with van der Waals surface area (Å²) in [6, 6.07) is 12.0. The predicted molar refractivity (Wildman–Crippen MR) is 65.7 cm³/mol. The lowest BCUT2D eigenvalue weighted by Gasteiger charge is -2.09. The highest BCUT2D eigenvalue weighted by molar-refractivity contribution is 6.02. The Hall–Kier alpha value is -2.09. The van der Waals surface area contributed by atoms with Crippen LogP contribution in [-0.4, -0.2) is 6.21 Å². The molecule has 0 bridgehead atoms. The van der Waals surface area contributed by atoms with E-state index in [2.05, 4.69) is 18.0 Å². The summed E-state index contributed by atoms with van der Waals surface area (Å²) in [5.41, 5.74) is 1.81. The molecule has 0 saturated heterocycles. The first-order valence-corrected chi connectivity index (χ1v) is 4.76. The van der Waals surface area contributed by atoms with E-state index in [1.807, 2.05) is 30.3 Å². The van der Waals surface area contributed by atoms with Crippen LogP contribution < -0.4 is 5.32 Å². The van der Waals surface area contributed by atoms with Crippen LogP contribution in [-0.2, 0) is 0 Å². The van der Waals surface area contributed by atoms with E-state index in [9.17, 15) is 0 Å². The Balaban J connectivity index is 2.77. The molecule has 0 amide bonds. The molecule has 0 aliphatic carbocycles. The third kappa shape index (κ3) is 1.62. The van der Waals surface area contributed by atoms with Crippen LogP contribution in [0.2, 0.25) is 0 Å². The van der Waals surface area contributed by atoms with Crippen molar-refractivity contribution in [2.45, 2.75) is 0 Å². The molecule has 2 rings (SSSR count). The number of benzene rings is 2. The number of rotatable bonds is 3. The lowest BCUT2D eigenvalue weighted by molar-refractivity contribution is 1.53. The van der Waals surface area contributed by atoms with E-state index >= 15 is 0 Å². The van der Waals surface area contributed by atoms with Gasteiger partial charge in [0.05, 0.1) is 5.69 Å². The van der Waals surface area contributed by atoms with E-state index in [1.165, 1.54) is 6.21 Å². The van der Waals surface area contributed by atoms with Crippen LogP contribution >= 0.6 is 0 Å². The highest BCUT2D eigenvalue weighted by Gasteiger charge is 2.03. The summed E-state index contributed by atoms with van der Waals surface area (Å²) in [6.45, 7) is 3.65. The van der Waals surface area contributed by atoms with E-state index in [4.69, 9.17) is 5.41 Å². The normalized spacial score (nSPS) is 9.87. The molecule has 0 fully saturated rings. The standard InChI is InChI=1S/C13H12N2/c1-2-15-13-11(9-14)8-7-10-5-3-4-6-12(10)13/h2-9,14-15H,1H2. The Morgan fingerprint density at radius 3 is 2.67 bits per heavy atom. The summed E-state index contributed by atoms with van der Waals surface area (Å²) in [5, 5.41) is 12.7. The highest BCUT2D eigenvalue weighted by atomic mass is 14.8. The topological polar surface area (TPSA) is 35.9 Å². The largest absolute Gasteiger partial charge is 0.361 e. The monoisotopic (exact) mass is 196 g/mol. The number of fused-ring (bicyclic) bond motifs is 1. The second-order valence-electron chi connectivity index (χ2n) is 3.24. The van der Waals surface area contributed by atoms with Gasteiger partial charge in [-0.3, -0.25) is 0 Å². The van der Waals surface area contributed by atoms with Crippen molar-refractivity contribution in [1.82, 2.24) is 0 Å². The van der Waals surface area contributed by atoms with E-state index in [0.717, 1.165) is 22.0 Å². The van der Waals surface area contributed by atoms with Crippen molar-refractivity contribution in [3.63, 3.8) is 0 Å². The Labute approximate surface area is 88.8 Å². The van der Waals surface area contributed by atoms with E-state index in [0.29, 0.717) is 0 Å². The van der Waals surface area contributed by atoms with Crippen molar-refractivity contribution in [3.8, 4) is 0 Å². The summed E-state index contributed by atoms with van der Waals surface area (Å²) in [7, 11) is 0. The number of hydrogen-bond donors (Lipinski definition) is 2. The summed E-state index contributed by atoms with van der Waals surface area (Å²) in [4.78, 5) is 0. The molecule has 2 nitrogen and oxygen atoms in total. The molecule has 0 radical (unpaired) electrons. The molecule has 0 aliphatic heterocycles. The first-order chi connectivity index (χ1) is 7.36. The van der Waals surface area contributed by atoms with Crippen molar-refractivity contribution in [2.24, 2.45) is 0 Å². The van der Waals surface area contributed by atoms with Gasteiger partial charge in [0.15, 0.2) is 0 Å². The highest BCUT2D eigenvalue weighted by Crippen LogP contribution is 2.26. The minimum atomic E-state index is 0.869. The van der Waals surface area contributed by atoms with Gasteiger partial charge in [0.2, 0.25) is 0 Å². The molecule has 2 heteroatoms. The molecule has 0 spiro atoms. The van der Waals surface area contributed by atoms with E-state index in [1.54, 1.807) is 6.20 Å². The van der Waals surface area contributed by atoms with Crippen LogP contribution in [0.25, 0.3) is 10.8 Å². The SMILES string of the molecule is C=CNc1c(C=N)ccc2ccccc12. The van der Waals surface area contributed by atoms with E-state index < -0.39 is 0 Å². The Bertz CT molecular complexity index is 515. The third-order valence-corrected chi connectivity index (χ3v) is 2.36. The zero-order chi connectivity index (χ0) is 10.7. The Morgan fingerprint density at radius 2 is 1.93 bits per heavy atom. The molecule has 74 valence electrons. The van der Waals surface area contributed by atoms with Gasteiger partial charge in [0, 0.05) is 17.2 Å². The van der Waals surface area contributed by atoms with Crippen LogP contribution in [0, 0.1) is 5.41 Å². The van der Waals surface area contributed by atoms with Gasteiger partial charge in [0.1, 0.15) is 0 Å². The van der Waals surface area contributed by atoms with Crippen LogP contribution in [0.4, 0.5) is 5.69 Å². The molecule has 0 saturated carbocycles. The molecule has 2 aromatic rings. The van der Waals surface area contributed by atoms with Crippen LogP contribution in [0.3, 0.4) is 0 Å². The van der Waals surface area contributed by atoms with E-state index in [-0.39, 0.29) is 0 Å². The lowest BCUT2D eigenvalue weighted by atomic mass is 10.0. The molecular weight excluding hydrogens is 184 g/mol. The maximum absolute atomic E-state index is 7.34. The van der Waals surface area contributed by atoms with Crippen LogP contribution in [0.5, 0.6) is 0 Å². The molecule has 0 aliphatic rings. The molecule has 15 heavy (non-hydrogen) atoms. The minimum Gasteiger partial charge on any atom is -0.361 e. The average molecular weight is 196 g/mol. The Morgan fingerprint density at radius 1 is 1.13 bits per heavy atom. The number of anilines is 1. The molecular formula is C13H12N2. The van der Waals surface area contributed by atoms with Gasteiger partial charge in [-0.25, -0.2) is 0 Å².